The minimum atomic E-state index is 0.577. The third kappa shape index (κ3) is 20.5. The molecule has 0 saturated heterocycles. The van der Waals surface area contributed by atoms with Gasteiger partial charge in [-0.15, -0.1) is 20.4 Å². The van der Waals surface area contributed by atoms with Crippen LogP contribution in [0.25, 0.3) is 124 Å². The van der Waals surface area contributed by atoms with E-state index in [0.29, 0.717) is 11.8 Å². The molecule has 22 rings (SSSR count). The van der Waals surface area contributed by atoms with Crippen molar-refractivity contribution in [2.45, 2.75) is 55.4 Å². The lowest BCUT2D eigenvalue weighted by Gasteiger charge is -2.10. The molecule has 16 nitrogen and oxygen atoms in total. The Labute approximate surface area is 722 Å². The highest BCUT2D eigenvalue weighted by Gasteiger charge is 2.16. The first-order valence-corrected chi connectivity index (χ1v) is 41.1. The monoisotopic (exact) mass is 1620 g/mol. The predicted octanol–water partition coefficient (Wildman–Crippen LogP) is 26.3. The van der Waals surface area contributed by atoms with Crippen molar-refractivity contribution < 1.29 is 8.83 Å². The molecule has 0 spiro atoms. The summed E-state index contributed by atoms with van der Waals surface area (Å²) in [6.07, 6.45) is 11.6. The molecule has 608 valence electrons. The second-order valence-electron chi connectivity index (χ2n) is 29.4. The van der Waals surface area contributed by atoms with Gasteiger partial charge in [-0.05, 0) is 174 Å². The summed E-state index contributed by atoms with van der Waals surface area (Å²) in [6, 6.07) is 132. The fourth-order valence-corrected chi connectivity index (χ4v) is 14.4. The first-order valence-electron chi connectivity index (χ1n) is 41.1. The Hall–Kier alpha value is -16.2. The molecule has 0 aliphatic heterocycles. The van der Waals surface area contributed by atoms with Crippen LogP contribution in [-0.4, -0.2) is 67.7 Å². The number of rotatable bonds is 10. The van der Waals surface area contributed by atoms with Crippen LogP contribution in [0.1, 0.15) is 45.8 Å². The van der Waals surface area contributed by atoms with Crippen LogP contribution in [0.2, 0.25) is 0 Å². The summed E-state index contributed by atoms with van der Waals surface area (Å²) in [5.41, 5.74) is 21.8. The van der Waals surface area contributed by atoms with Gasteiger partial charge in [0.2, 0.25) is 11.8 Å². The maximum absolute atomic E-state index is 5.26. The number of aryl methyl sites for hydroxylation is 8. The fraction of sp³-hybridized carbons (Fsp3) is 0.0741. The van der Waals surface area contributed by atoms with Crippen LogP contribution in [0.3, 0.4) is 0 Å². The van der Waals surface area contributed by atoms with Crippen molar-refractivity contribution in [2.75, 3.05) is 0 Å². The molecule has 0 unspecified atom stereocenters. The van der Waals surface area contributed by atoms with E-state index in [0.717, 1.165) is 96.8 Å². The van der Waals surface area contributed by atoms with Crippen molar-refractivity contribution >= 4 is 43.8 Å². The lowest BCUT2D eigenvalue weighted by Crippen LogP contribution is -1.99. The maximum Gasteiger partial charge on any atom is 0.247 e. The summed E-state index contributed by atoms with van der Waals surface area (Å²) < 4.78 is 23.5. The Morgan fingerprint density at radius 1 is 0.258 bits per heavy atom. The quantitative estimate of drug-likeness (QED) is 0.129. The van der Waals surface area contributed by atoms with Crippen LogP contribution < -0.4 is 0 Å². The van der Waals surface area contributed by atoms with Crippen molar-refractivity contribution in [1.82, 2.24) is 67.7 Å². The average molecular weight is 1620 g/mol. The van der Waals surface area contributed by atoms with Crippen molar-refractivity contribution in [3.05, 3.63) is 471 Å². The Balaban J connectivity index is 0.000000111. The maximum atomic E-state index is 5.26. The van der Waals surface area contributed by atoms with Gasteiger partial charge >= 0.3 is 0 Å². The second kappa shape index (κ2) is 40.5. The molecule has 16 heteroatoms. The Kier molecular flexibility index (Phi) is 27.1. The second-order valence-corrected chi connectivity index (χ2v) is 29.4. The van der Waals surface area contributed by atoms with Gasteiger partial charge in [-0.2, -0.15) is 0 Å². The minimum Gasteiger partial charge on any atom is -0.441 e. The average Bonchev–Trinajstić information content (AvgIpc) is 1.60. The zero-order valence-corrected chi connectivity index (χ0v) is 70.5. The molecule has 0 saturated carbocycles. The van der Waals surface area contributed by atoms with Crippen LogP contribution in [-0.2, 0) is 0 Å². The summed E-state index contributed by atoms with van der Waals surface area (Å²) in [7, 11) is 0. The third-order valence-electron chi connectivity index (χ3n) is 20.4. The van der Waals surface area contributed by atoms with E-state index in [1.807, 2.05) is 228 Å². The molecule has 0 amide bonds. The van der Waals surface area contributed by atoms with E-state index in [1.54, 1.807) is 6.92 Å². The Bertz CT molecular complexity index is 6850. The van der Waals surface area contributed by atoms with Gasteiger partial charge < -0.3 is 22.5 Å². The SMILES string of the molecule is Cc1ccc(-n2c3ccccc3c3ccccc32)cc1.Cc1ccc(-n2ccc3ccccc32)cc1.Cc1cccc(-c2nccn2-c2ccccc2)c1.Cc1cnc(-c2ccccc2)n1-c1ccccc1.Cc1nc2ccccc2o1.Cc1nccn1-c1ccccc1.Cc1nnc(-c2ccccc2)n1-c1ccccc1.Cc1nnc(-c2ccccc2)o1. The molecule has 0 radical (unpaired) electrons. The van der Waals surface area contributed by atoms with Crippen molar-refractivity contribution in [3.8, 4) is 79.7 Å². The zero-order valence-electron chi connectivity index (χ0n) is 70.5. The third-order valence-corrected chi connectivity index (χ3v) is 20.4. The number of benzene rings is 14. The highest BCUT2D eigenvalue weighted by atomic mass is 16.4. The highest BCUT2D eigenvalue weighted by molar-refractivity contribution is 6.09. The summed E-state index contributed by atoms with van der Waals surface area (Å²) in [6.45, 7) is 16.0. The summed E-state index contributed by atoms with van der Waals surface area (Å²) >= 11 is 0. The minimum absolute atomic E-state index is 0.577. The van der Waals surface area contributed by atoms with Gasteiger partial charge in [0.25, 0.3) is 0 Å². The van der Waals surface area contributed by atoms with E-state index in [4.69, 9.17) is 8.83 Å². The van der Waals surface area contributed by atoms with Crippen LogP contribution >= 0.6 is 0 Å². The number of imidazole rings is 3. The molecular weight excluding hydrogens is 1530 g/mol. The first-order chi connectivity index (χ1) is 60.8. The molecule has 0 N–H and O–H groups in total. The molecule has 14 aromatic carbocycles. The van der Waals surface area contributed by atoms with Crippen LogP contribution in [0.15, 0.2) is 434 Å². The number of hydrogen-bond donors (Lipinski definition) is 0. The molecule has 0 aliphatic carbocycles. The number of nitrogens with zero attached hydrogens (tertiary/aromatic N) is 14. The van der Waals surface area contributed by atoms with Crippen molar-refractivity contribution in [2.24, 2.45) is 0 Å². The molecule has 0 atom stereocenters. The smallest absolute Gasteiger partial charge is 0.247 e. The summed E-state index contributed by atoms with van der Waals surface area (Å²) in [4.78, 5) is 17.3. The summed E-state index contributed by atoms with van der Waals surface area (Å²) in [5, 5.41) is 20.0. The van der Waals surface area contributed by atoms with E-state index in [9.17, 15) is 0 Å². The van der Waals surface area contributed by atoms with Crippen LogP contribution in [0, 0.1) is 55.4 Å². The molecule has 22 aromatic rings. The van der Waals surface area contributed by atoms with Gasteiger partial charge in [0.1, 0.15) is 28.8 Å². The van der Waals surface area contributed by atoms with Crippen molar-refractivity contribution in [1.29, 1.82) is 0 Å². The number of hydrogen-bond acceptors (Lipinski definition) is 10. The number of aromatic nitrogens is 14. The van der Waals surface area contributed by atoms with E-state index in [-0.39, 0.29) is 0 Å². The number of oxazole rings is 1. The largest absolute Gasteiger partial charge is 0.441 e. The molecule has 0 bridgehead atoms. The van der Waals surface area contributed by atoms with Gasteiger partial charge in [0, 0.05) is 124 Å². The number of para-hydroxylation sites is 9. The highest BCUT2D eigenvalue weighted by Crippen LogP contribution is 2.33. The standard InChI is InChI=1S/C19H15N.2C16H14N2.C15H13N3.C15H13N.C10H10N2.C9H8N2O.C8H7NO/c1-14-10-12-15(13-11-14)20-18-8-4-2-6-16(18)17-7-3-5-9-19(17)20;1-13-12-17-16(14-8-4-2-5-9-14)18(13)15-10-6-3-7-11-15;1-13-6-5-7-14(12-13)16-17-10-11-18(16)15-8-3-2-4-9-15;1-12-16-17-15(13-8-4-2-5-9-13)18(12)14-10-6-3-7-11-14;1-12-6-8-14(9-7-12)16-11-10-13-4-2-3-5-15(13)16;1-9-11-7-8-12(9)10-5-3-2-4-6-10;1-7-10-11-9(12-7)8-5-3-2-4-6-8;1-6-9-7-4-2-3-5-8(7)10-6/h2-13H,1H3;2*2-12H,1H3;2-11H,1H3;2-11H,1H3;2-8H,1H3;2-6H,1H3;2-5H,1H3. The Morgan fingerprint density at radius 3 is 1.27 bits per heavy atom. The normalized spacial score (nSPS) is 10.6. The van der Waals surface area contributed by atoms with Gasteiger partial charge in [0.15, 0.2) is 17.3 Å². The van der Waals surface area contributed by atoms with E-state index >= 15 is 0 Å². The Morgan fingerprint density at radius 2 is 0.718 bits per heavy atom. The lowest BCUT2D eigenvalue weighted by molar-refractivity contribution is 0.533. The lowest BCUT2D eigenvalue weighted by atomic mass is 10.1. The molecular formula is C108H94N14O2. The number of fused-ring (bicyclic) bond motifs is 5. The predicted molar refractivity (Wildman–Crippen MR) is 504 cm³/mol. The van der Waals surface area contributed by atoms with Crippen molar-refractivity contribution in [3.63, 3.8) is 0 Å². The van der Waals surface area contributed by atoms with E-state index < -0.39 is 0 Å². The van der Waals surface area contributed by atoms with Gasteiger partial charge in [-0.3, -0.25) is 13.7 Å². The van der Waals surface area contributed by atoms with Crippen LogP contribution in [0.5, 0.6) is 0 Å². The zero-order chi connectivity index (χ0) is 85.4. The molecule has 0 aliphatic rings. The molecule has 8 heterocycles. The first kappa shape index (κ1) is 82.9. The van der Waals surface area contributed by atoms with E-state index in [1.165, 1.54) is 60.8 Å². The topological polar surface area (TPSA) is 159 Å². The van der Waals surface area contributed by atoms with E-state index in [2.05, 4.69) is 314 Å². The molecule has 0 fully saturated rings. The summed E-state index contributed by atoms with van der Waals surface area (Å²) in [5.74, 6) is 6.63. The van der Waals surface area contributed by atoms with Crippen LogP contribution in [0.4, 0.5) is 0 Å². The fourth-order valence-electron chi connectivity index (χ4n) is 14.4. The molecule has 8 aromatic heterocycles. The van der Waals surface area contributed by atoms with Gasteiger partial charge in [-0.1, -0.05) is 278 Å². The van der Waals surface area contributed by atoms with Gasteiger partial charge in [-0.25, -0.2) is 19.9 Å². The van der Waals surface area contributed by atoms with Gasteiger partial charge in [0.05, 0.1) is 16.6 Å². The molecule has 124 heavy (non-hydrogen) atoms.